The van der Waals surface area contributed by atoms with Crippen LogP contribution in [0.2, 0.25) is 0 Å². The highest BCUT2D eigenvalue weighted by atomic mass is 16.5. The minimum Gasteiger partial charge on any atom is -0.395 e. The summed E-state index contributed by atoms with van der Waals surface area (Å²) in [5, 5.41) is 12.5. The van der Waals surface area contributed by atoms with Crippen LogP contribution in [0.1, 0.15) is 32.1 Å². The molecule has 3 nitrogen and oxygen atoms in total. The smallest absolute Gasteiger partial charge is 0.0584 e. The number of ether oxygens (including phenoxy) is 1. The van der Waals surface area contributed by atoms with Gasteiger partial charge in [0.25, 0.3) is 0 Å². The lowest BCUT2D eigenvalue weighted by Crippen LogP contribution is -2.34. The van der Waals surface area contributed by atoms with Crippen LogP contribution in [0.5, 0.6) is 0 Å². The summed E-state index contributed by atoms with van der Waals surface area (Å²) in [4.78, 5) is 0. The summed E-state index contributed by atoms with van der Waals surface area (Å²) in [5.41, 5.74) is 0. The van der Waals surface area contributed by atoms with Gasteiger partial charge >= 0.3 is 0 Å². The summed E-state index contributed by atoms with van der Waals surface area (Å²) in [6, 6.07) is 1.01. The van der Waals surface area contributed by atoms with Crippen molar-refractivity contribution in [3.63, 3.8) is 0 Å². The van der Waals surface area contributed by atoms with Crippen LogP contribution in [0.15, 0.2) is 0 Å². The average Bonchev–Trinajstić information content (AvgIpc) is 2.67. The average molecular weight is 199 g/mol. The Bertz CT molecular complexity index is 169. The lowest BCUT2D eigenvalue weighted by Gasteiger charge is -2.25. The highest BCUT2D eigenvalue weighted by Gasteiger charge is 2.26. The molecule has 0 aromatic carbocycles. The lowest BCUT2D eigenvalue weighted by molar-refractivity contribution is 0.0609. The van der Waals surface area contributed by atoms with E-state index in [1.54, 1.807) is 0 Å². The molecule has 0 aliphatic carbocycles. The van der Waals surface area contributed by atoms with Gasteiger partial charge in [-0.15, -0.1) is 0 Å². The summed E-state index contributed by atoms with van der Waals surface area (Å²) in [6.07, 6.45) is 6.11. The minimum absolute atomic E-state index is 0.296. The fourth-order valence-electron chi connectivity index (χ4n) is 2.62. The van der Waals surface area contributed by atoms with Gasteiger partial charge in [-0.05, 0) is 38.0 Å². The molecule has 2 saturated heterocycles. The molecule has 2 aliphatic heterocycles. The topological polar surface area (TPSA) is 41.5 Å². The highest BCUT2D eigenvalue weighted by molar-refractivity contribution is 4.84. The summed E-state index contributed by atoms with van der Waals surface area (Å²) < 4.78 is 5.35. The van der Waals surface area contributed by atoms with Gasteiger partial charge in [-0.3, -0.25) is 0 Å². The maximum Gasteiger partial charge on any atom is 0.0584 e. The fraction of sp³-hybridized carbons (Fsp3) is 1.00. The van der Waals surface area contributed by atoms with Crippen molar-refractivity contribution in [2.75, 3.05) is 19.8 Å². The Labute approximate surface area is 85.8 Å². The predicted octanol–water partition coefficient (Wildman–Crippen LogP) is 0.916. The van der Waals surface area contributed by atoms with Gasteiger partial charge in [0.2, 0.25) is 0 Å². The van der Waals surface area contributed by atoms with Crippen LogP contribution in [-0.2, 0) is 4.74 Å². The van der Waals surface area contributed by atoms with Crippen LogP contribution in [0, 0.1) is 5.92 Å². The van der Waals surface area contributed by atoms with Crippen molar-refractivity contribution in [2.45, 2.75) is 44.2 Å². The molecule has 0 aromatic rings. The van der Waals surface area contributed by atoms with Crippen molar-refractivity contribution in [3.05, 3.63) is 0 Å². The quantitative estimate of drug-likeness (QED) is 0.710. The third kappa shape index (κ3) is 2.69. The van der Waals surface area contributed by atoms with Gasteiger partial charge < -0.3 is 15.2 Å². The van der Waals surface area contributed by atoms with Gasteiger partial charge in [-0.25, -0.2) is 0 Å². The number of rotatable bonds is 3. The molecule has 82 valence electrons. The molecule has 0 bridgehead atoms. The molecular formula is C11H21NO2. The second kappa shape index (κ2) is 5.10. The maximum atomic E-state index is 9.01. The van der Waals surface area contributed by atoms with Crippen molar-refractivity contribution in [1.29, 1.82) is 0 Å². The molecule has 2 aliphatic rings. The van der Waals surface area contributed by atoms with Crippen molar-refractivity contribution in [1.82, 2.24) is 5.32 Å². The zero-order chi connectivity index (χ0) is 9.80. The number of aliphatic hydroxyl groups excluding tert-OH is 1. The van der Waals surface area contributed by atoms with E-state index in [2.05, 4.69) is 5.32 Å². The lowest BCUT2D eigenvalue weighted by atomic mass is 9.92. The Balaban J connectivity index is 1.69. The van der Waals surface area contributed by atoms with Gasteiger partial charge in [-0.2, -0.15) is 0 Å². The molecule has 2 rings (SSSR count). The van der Waals surface area contributed by atoms with Gasteiger partial charge in [-0.1, -0.05) is 0 Å². The Morgan fingerprint density at radius 1 is 1.07 bits per heavy atom. The first kappa shape index (κ1) is 10.4. The molecule has 2 heterocycles. The van der Waals surface area contributed by atoms with Crippen LogP contribution in [0.4, 0.5) is 0 Å². The van der Waals surface area contributed by atoms with Gasteiger partial charge in [0, 0.05) is 25.3 Å². The molecule has 2 atom stereocenters. The monoisotopic (exact) mass is 199 g/mol. The van der Waals surface area contributed by atoms with Crippen LogP contribution >= 0.6 is 0 Å². The van der Waals surface area contributed by atoms with Crippen molar-refractivity contribution >= 4 is 0 Å². The molecule has 2 N–H and O–H groups in total. The normalized spacial score (nSPS) is 34.9. The zero-order valence-electron chi connectivity index (χ0n) is 8.74. The fourth-order valence-corrected chi connectivity index (χ4v) is 2.62. The summed E-state index contributed by atoms with van der Waals surface area (Å²) in [5.74, 6) is 0.846. The Hall–Kier alpha value is -0.120. The number of aliphatic hydroxyl groups is 1. The van der Waals surface area contributed by atoms with Gasteiger partial charge in [0.1, 0.15) is 0 Å². The first-order chi connectivity index (χ1) is 6.88. The molecule has 2 fully saturated rings. The van der Waals surface area contributed by atoms with E-state index >= 15 is 0 Å². The van der Waals surface area contributed by atoms with E-state index in [9.17, 15) is 0 Å². The molecule has 0 radical (unpaired) electrons. The van der Waals surface area contributed by atoms with Gasteiger partial charge in [0.15, 0.2) is 0 Å². The van der Waals surface area contributed by atoms with Crippen LogP contribution in [0.3, 0.4) is 0 Å². The minimum atomic E-state index is 0.296. The molecule has 0 saturated carbocycles. The van der Waals surface area contributed by atoms with Crippen molar-refractivity contribution < 1.29 is 9.84 Å². The van der Waals surface area contributed by atoms with Crippen LogP contribution in [0.25, 0.3) is 0 Å². The number of hydrogen-bond donors (Lipinski definition) is 2. The van der Waals surface area contributed by atoms with Crippen LogP contribution < -0.4 is 5.32 Å². The van der Waals surface area contributed by atoms with Crippen LogP contribution in [-0.4, -0.2) is 37.0 Å². The molecule has 0 aromatic heterocycles. The molecule has 0 amide bonds. The first-order valence-corrected chi connectivity index (χ1v) is 5.83. The largest absolute Gasteiger partial charge is 0.395 e. The van der Waals surface area contributed by atoms with E-state index in [1.807, 2.05) is 0 Å². The molecule has 14 heavy (non-hydrogen) atoms. The standard InChI is InChI=1S/C11H21NO2/c13-8-11-2-1-10(12-11)7-9-3-5-14-6-4-9/h9-13H,1-8H2. The number of hydrogen-bond acceptors (Lipinski definition) is 3. The van der Waals surface area contributed by atoms with Crippen molar-refractivity contribution in [2.24, 2.45) is 5.92 Å². The van der Waals surface area contributed by atoms with E-state index < -0.39 is 0 Å². The molecular weight excluding hydrogens is 178 g/mol. The van der Waals surface area contributed by atoms with Crippen molar-refractivity contribution in [3.8, 4) is 0 Å². The third-order valence-corrected chi connectivity index (χ3v) is 3.51. The third-order valence-electron chi connectivity index (χ3n) is 3.51. The second-order valence-corrected chi connectivity index (χ2v) is 4.61. The Morgan fingerprint density at radius 2 is 1.79 bits per heavy atom. The van der Waals surface area contributed by atoms with E-state index in [0.29, 0.717) is 18.7 Å². The summed E-state index contributed by atoms with van der Waals surface area (Å²) in [6.45, 7) is 2.19. The molecule has 2 unspecified atom stereocenters. The summed E-state index contributed by atoms with van der Waals surface area (Å²) in [7, 11) is 0. The Morgan fingerprint density at radius 3 is 2.43 bits per heavy atom. The van der Waals surface area contributed by atoms with E-state index in [1.165, 1.54) is 25.7 Å². The second-order valence-electron chi connectivity index (χ2n) is 4.61. The maximum absolute atomic E-state index is 9.01. The van der Waals surface area contributed by atoms with E-state index in [-0.39, 0.29) is 0 Å². The predicted molar refractivity (Wildman–Crippen MR) is 55.2 cm³/mol. The summed E-state index contributed by atoms with van der Waals surface area (Å²) >= 11 is 0. The van der Waals surface area contributed by atoms with E-state index in [0.717, 1.165) is 25.6 Å². The number of nitrogens with one attached hydrogen (secondary N) is 1. The SMILES string of the molecule is OCC1CCC(CC2CCOCC2)N1. The highest BCUT2D eigenvalue weighted by Crippen LogP contribution is 2.24. The zero-order valence-corrected chi connectivity index (χ0v) is 8.74. The first-order valence-electron chi connectivity index (χ1n) is 5.83. The molecule has 0 spiro atoms. The Kier molecular flexibility index (Phi) is 3.79. The van der Waals surface area contributed by atoms with Gasteiger partial charge in [0.05, 0.1) is 6.61 Å². The van der Waals surface area contributed by atoms with E-state index in [4.69, 9.17) is 9.84 Å². The molecule has 3 heteroatoms.